The van der Waals surface area contributed by atoms with Crippen molar-refractivity contribution < 1.29 is 4.79 Å². The predicted octanol–water partition coefficient (Wildman–Crippen LogP) is 1.05. The number of aromatic amines is 1. The van der Waals surface area contributed by atoms with Crippen LogP contribution in [0, 0.1) is 0 Å². The first-order valence-corrected chi connectivity index (χ1v) is 9.65. The number of hydrogen-bond acceptors (Lipinski definition) is 7. The van der Waals surface area contributed by atoms with Gasteiger partial charge in [0.2, 0.25) is 11.9 Å². The molecule has 1 amide bonds. The molecule has 2 aromatic rings. The SMILES string of the molecule is CNc1nccc(-c2c[nH]c(=O)c(NC3CN(C(=O)C=CCNC(C)C)C3)c2)n1. The molecule has 0 aliphatic carbocycles. The van der Waals surface area contributed by atoms with Gasteiger partial charge in [-0.15, -0.1) is 0 Å². The normalized spacial score (nSPS) is 14.3. The third kappa shape index (κ3) is 5.41. The summed E-state index contributed by atoms with van der Waals surface area (Å²) < 4.78 is 0. The van der Waals surface area contributed by atoms with Gasteiger partial charge in [-0.05, 0) is 12.1 Å². The Balaban J connectivity index is 1.58. The van der Waals surface area contributed by atoms with E-state index in [4.69, 9.17) is 0 Å². The molecule has 3 heterocycles. The van der Waals surface area contributed by atoms with E-state index in [-0.39, 0.29) is 17.5 Å². The molecular weight excluding hydrogens is 370 g/mol. The van der Waals surface area contributed by atoms with Crippen molar-refractivity contribution >= 4 is 17.5 Å². The lowest BCUT2D eigenvalue weighted by atomic mass is 10.1. The lowest BCUT2D eigenvalue weighted by Crippen LogP contribution is -2.57. The third-order valence-corrected chi connectivity index (χ3v) is 4.54. The molecule has 1 aliphatic heterocycles. The van der Waals surface area contributed by atoms with E-state index in [0.717, 1.165) is 5.56 Å². The van der Waals surface area contributed by atoms with Crippen LogP contribution in [-0.2, 0) is 4.79 Å². The van der Waals surface area contributed by atoms with Crippen LogP contribution in [0.1, 0.15) is 13.8 Å². The summed E-state index contributed by atoms with van der Waals surface area (Å²) in [6.07, 6.45) is 6.71. The van der Waals surface area contributed by atoms with Gasteiger partial charge in [-0.1, -0.05) is 19.9 Å². The summed E-state index contributed by atoms with van der Waals surface area (Å²) in [6.45, 7) is 5.90. The smallest absolute Gasteiger partial charge is 0.271 e. The number of nitrogens with zero attached hydrogens (tertiary/aromatic N) is 3. The Kier molecular flexibility index (Phi) is 6.61. The van der Waals surface area contributed by atoms with Crippen LogP contribution in [0.3, 0.4) is 0 Å². The summed E-state index contributed by atoms with van der Waals surface area (Å²) in [7, 11) is 1.75. The fourth-order valence-electron chi connectivity index (χ4n) is 2.92. The van der Waals surface area contributed by atoms with Crippen LogP contribution >= 0.6 is 0 Å². The maximum atomic E-state index is 12.2. The van der Waals surface area contributed by atoms with Crippen LogP contribution in [0.4, 0.5) is 11.6 Å². The van der Waals surface area contributed by atoms with Gasteiger partial charge in [0.25, 0.3) is 5.56 Å². The molecular formula is C20H27N7O2. The molecule has 9 heteroatoms. The van der Waals surface area contributed by atoms with E-state index in [1.165, 1.54) is 0 Å². The van der Waals surface area contributed by atoms with Gasteiger partial charge in [0.15, 0.2) is 0 Å². The molecule has 0 unspecified atom stereocenters. The minimum Gasteiger partial charge on any atom is -0.374 e. The topological polar surface area (TPSA) is 115 Å². The number of anilines is 2. The standard InChI is InChI=1S/C20H27N7O2/c1-13(2)22-7-4-5-18(28)27-11-15(12-27)25-17-9-14(10-24-19(17)29)16-6-8-23-20(21-3)26-16/h4-6,8-10,13,15,22,25H,7,11-12H2,1-3H3,(H,24,29)(H,21,23,26). The third-order valence-electron chi connectivity index (χ3n) is 4.54. The van der Waals surface area contributed by atoms with Crippen molar-refractivity contribution in [2.24, 2.45) is 0 Å². The minimum atomic E-state index is -0.207. The number of aromatic nitrogens is 3. The van der Waals surface area contributed by atoms with Gasteiger partial charge >= 0.3 is 0 Å². The molecule has 1 fully saturated rings. The molecule has 0 radical (unpaired) electrons. The fraction of sp³-hybridized carbons (Fsp3) is 0.400. The summed E-state index contributed by atoms with van der Waals surface area (Å²) >= 11 is 0. The molecule has 2 aromatic heterocycles. The zero-order chi connectivity index (χ0) is 20.8. The number of likely N-dealkylation sites (tertiary alicyclic amines) is 1. The van der Waals surface area contributed by atoms with E-state index < -0.39 is 0 Å². The highest BCUT2D eigenvalue weighted by molar-refractivity contribution is 5.88. The molecule has 9 nitrogen and oxygen atoms in total. The Morgan fingerprint density at radius 2 is 2.21 bits per heavy atom. The number of rotatable bonds is 8. The number of hydrogen-bond donors (Lipinski definition) is 4. The molecule has 0 spiro atoms. The summed E-state index contributed by atoms with van der Waals surface area (Å²) in [5.74, 6) is 0.491. The Hall–Kier alpha value is -3.20. The molecule has 0 atom stereocenters. The molecule has 1 saturated heterocycles. The molecule has 1 aliphatic rings. The van der Waals surface area contributed by atoms with Gasteiger partial charge < -0.3 is 25.8 Å². The van der Waals surface area contributed by atoms with Gasteiger partial charge in [0.05, 0.1) is 11.7 Å². The van der Waals surface area contributed by atoms with Gasteiger partial charge in [-0.2, -0.15) is 0 Å². The molecule has 3 rings (SSSR count). The maximum Gasteiger partial charge on any atom is 0.271 e. The largest absolute Gasteiger partial charge is 0.374 e. The van der Waals surface area contributed by atoms with Crippen LogP contribution in [0.15, 0.2) is 41.5 Å². The number of H-pyrrole nitrogens is 1. The first kappa shape index (κ1) is 20.5. The molecule has 0 bridgehead atoms. The van der Waals surface area contributed by atoms with Crippen molar-refractivity contribution in [1.82, 2.24) is 25.2 Å². The first-order chi connectivity index (χ1) is 14.0. The van der Waals surface area contributed by atoms with Crippen molar-refractivity contribution in [2.45, 2.75) is 25.9 Å². The molecule has 0 aromatic carbocycles. The van der Waals surface area contributed by atoms with E-state index in [9.17, 15) is 9.59 Å². The van der Waals surface area contributed by atoms with E-state index in [1.807, 2.05) is 6.08 Å². The number of amides is 1. The molecule has 154 valence electrons. The van der Waals surface area contributed by atoms with Crippen LogP contribution in [0.2, 0.25) is 0 Å². The van der Waals surface area contributed by atoms with Crippen molar-refractivity contribution in [3.8, 4) is 11.3 Å². The van der Waals surface area contributed by atoms with Crippen molar-refractivity contribution in [1.29, 1.82) is 0 Å². The molecule has 4 N–H and O–H groups in total. The zero-order valence-electron chi connectivity index (χ0n) is 16.9. The Labute approximate surface area is 169 Å². The van der Waals surface area contributed by atoms with Crippen molar-refractivity contribution in [2.75, 3.05) is 37.3 Å². The zero-order valence-corrected chi connectivity index (χ0v) is 16.9. The maximum absolute atomic E-state index is 12.2. The summed E-state index contributed by atoms with van der Waals surface area (Å²) in [5, 5.41) is 9.34. The lowest BCUT2D eigenvalue weighted by Gasteiger charge is -2.39. The monoisotopic (exact) mass is 397 g/mol. The highest BCUT2D eigenvalue weighted by Gasteiger charge is 2.29. The quantitative estimate of drug-likeness (QED) is 0.492. The molecule has 0 saturated carbocycles. The van der Waals surface area contributed by atoms with E-state index in [0.29, 0.717) is 43.0 Å². The fourth-order valence-corrected chi connectivity index (χ4v) is 2.92. The summed E-state index contributed by atoms with van der Waals surface area (Å²) in [6, 6.07) is 3.97. The summed E-state index contributed by atoms with van der Waals surface area (Å²) in [5.41, 5.74) is 1.73. The Morgan fingerprint density at radius 3 is 2.93 bits per heavy atom. The van der Waals surface area contributed by atoms with Gasteiger partial charge in [0, 0.05) is 56.8 Å². The lowest BCUT2D eigenvalue weighted by molar-refractivity contribution is -0.129. The number of carbonyl (C=O) groups excluding carboxylic acids is 1. The number of pyridine rings is 1. The first-order valence-electron chi connectivity index (χ1n) is 9.65. The average Bonchev–Trinajstić information content (AvgIpc) is 2.68. The van der Waals surface area contributed by atoms with Crippen LogP contribution in [0.5, 0.6) is 0 Å². The highest BCUT2D eigenvalue weighted by Crippen LogP contribution is 2.20. The average molecular weight is 397 g/mol. The van der Waals surface area contributed by atoms with Gasteiger partial charge in [-0.3, -0.25) is 9.59 Å². The minimum absolute atomic E-state index is 0.0168. The van der Waals surface area contributed by atoms with Gasteiger partial charge in [-0.25, -0.2) is 9.97 Å². The number of carbonyl (C=O) groups is 1. The Bertz CT molecular complexity index is 932. The highest BCUT2D eigenvalue weighted by atomic mass is 16.2. The van der Waals surface area contributed by atoms with Crippen LogP contribution < -0.4 is 21.5 Å². The van der Waals surface area contributed by atoms with Crippen LogP contribution in [-0.4, -0.2) is 64.5 Å². The second-order valence-electron chi connectivity index (χ2n) is 7.20. The van der Waals surface area contributed by atoms with Crippen molar-refractivity contribution in [3.05, 3.63) is 47.0 Å². The Morgan fingerprint density at radius 1 is 1.41 bits per heavy atom. The predicted molar refractivity (Wildman–Crippen MR) is 114 cm³/mol. The van der Waals surface area contributed by atoms with Gasteiger partial charge in [0.1, 0.15) is 5.69 Å². The number of nitrogens with one attached hydrogen (secondary N) is 4. The molecule has 29 heavy (non-hydrogen) atoms. The van der Waals surface area contributed by atoms with E-state index >= 15 is 0 Å². The van der Waals surface area contributed by atoms with Crippen LogP contribution in [0.25, 0.3) is 11.3 Å². The van der Waals surface area contributed by atoms with Crippen molar-refractivity contribution in [3.63, 3.8) is 0 Å². The second-order valence-corrected chi connectivity index (χ2v) is 7.20. The van der Waals surface area contributed by atoms with E-state index in [2.05, 4.69) is 44.7 Å². The van der Waals surface area contributed by atoms with E-state index in [1.54, 1.807) is 42.6 Å². The second kappa shape index (κ2) is 9.33. The summed E-state index contributed by atoms with van der Waals surface area (Å²) in [4.78, 5) is 37.3.